The maximum Gasteiger partial charge on any atom is 0.339 e. The maximum atomic E-state index is 14.0. The summed E-state index contributed by atoms with van der Waals surface area (Å²) in [6.07, 6.45) is 14.8. The molecule has 9 nitrogen and oxygen atoms in total. The lowest BCUT2D eigenvalue weighted by Gasteiger charge is -2.35. The molecule has 0 unspecified atom stereocenters. The summed E-state index contributed by atoms with van der Waals surface area (Å²) in [5, 5.41) is 14.7. The summed E-state index contributed by atoms with van der Waals surface area (Å²) in [6.45, 7) is 9.31. The number of aliphatic hydroxyl groups is 1. The largest absolute Gasteiger partial charge is 0.481 e. The summed E-state index contributed by atoms with van der Waals surface area (Å²) >= 11 is 2.03. The Hall–Kier alpha value is -3.00. The van der Waals surface area contributed by atoms with Gasteiger partial charge in [-0.15, -0.1) is 5.92 Å². The molecule has 1 amide bonds. The molecule has 1 rings (SSSR count). The lowest BCUT2D eigenvalue weighted by molar-refractivity contribution is -0.185. The monoisotopic (exact) mass is 717 g/mol. The first-order valence-electron chi connectivity index (χ1n) is 18.1. The van der Waals surface area contributed by atoms with Gasteiger partial charge in [-0.25, -0.2) is 9.59 Å². The number of rotatable bonds is 26. The molecule has 0 aliphatic carbocycles. The third-order valence-corrected chi connectivity index (χ3v) is 9.17. The third-order valence-electron chi connectivity index (χ3n) is 8.02. The first-order chi connectivity index (χ1) is 23.9. The number of benzene rings is 1. The molecule has 3 atom stereocenters. The van der Waals surface area contributed by atoms with Gasteiger partial charge in [0, 0.05) is 26.6 Å². The van der Waals surface area contributed by atoms with E-state index in [-0.39, 0.29) is 26.1 Å². The number of thioether (sulfide) groups is 1. The second-order valence-electron chi connectivity index (χ2n) is 13.5. The van der Waals surface area contributed by atoms with Crippen molar-refractivity contribution in [3.63, 3.8) is 0 Å². The van der Waals surface area contributed by atoms with Crippen molar-refractivity contribution >= 4 is 29.6 Å². The number of hydrogen-bond acceptors (Lipinski definition) is 9. The van der Waals surface area contributed by atoms with Gasteiger partial charge in [-0.1, -0.05) is 75.7 Å². The molecule has 0 spiro atoms. The molecule has 0 aliphatic rings. The summed E-state index contributed by atoms with van der Waals surface area (Å²) in [5.74, 6) is 4.97. The van der Waals surface area contributed by atoms with Crippen LogP contribution >= 0.6 is 11.8 Å². The number of nitrogens with one attached hydrogen (secondary N) is 1. The Morgan fingerprint density at radius 2 is 1.60 bits per heavy atom. The van der Waals surface area contributed by atoms with E-state index in [1.807, 2.05) is 17.8 Å². The van der Waals surface area contributed by atoms with Crippen LogP contribution in [0, 0.1) is 17.8 Å². The summed E-state index contributed by atoms with van der Waals surface area (Å²) < 4.78 is 21.4. The molecule has 282 valence electrons. The Balaban J connectivity index is 3.05. The van der Waals surface area contributed by atoms with E-state index in [1.165, 1.54) is 64.3 Å². The van der Waals surface area contributed by atoms with Crippen LogP contribution in [0.1, 0.15) is 111 Å². The summed E-state index contributed by atoms with van der Waals surface area (Å²) in [5.41, 5.74) is -2.42. The minimum Gasteiger partial charge on any atom is -0.481 e. The van der Waals surface area contributed by atoms with E-state index in [9.17, 15) is 19.5 Å². The quantitative estimate of drug-likeness (QED) is 0.0443. The molecule has 1 aromatic rings. The van der Waals surface area contributed by atoms with E-state index in [4.69, 9.17) is 18.9 Å². The zero-order chi connectivity index (χ0) is 37.3. The highest BCUT2D eigenvalue weighted by Gasteiger charge is 2.49. The number of methoxy groups -OCH3 is 2. The zero-order valence-corrected chi connectivity index (χ0v) is 32.5. The predicted octanol–water partition coefficient (Wildman–Crippen LogP) is 7.22. The number of carbonyl (C=O) groups excluding carboxylic acids is 3. The Morgan fingerprint density at radius 3 is 2.18 bits per heavy atom. The molecule has 1 aromatic carbocycles. The summed E-state index contributed by atoms with van der Waals surface area (Å²) in [4.78, 5) is 40.4. The van der Waals surface area contributed by atoms with Gasteiger partial charge >= 0.3 is 11.9 Å². The predicted molar refractivity (Wildman–Crippen MR) is 202 cm³/mol. The molecule has 0 aliphatic heterocycles. The van der Waals surface area contributed by atoms with Gasteiger partial charge in [-0.3, -0.25) is 4.79 Å². The SMILES string of the molecule is CC#CCOc1ccc(C[C@H](NC(=O)[C@@H](C=CCCCCCCSCCCCCCC)[C@@](O)(CCOC)C(=O)OC(C)(C)C)C(=O)OC)cc1. The average molecular weight is 718 g/mol. The van der Waals surface area contributed by atoms with Crippen LogP contribution in [-0.4, -0.2) is 79.1 Å². The van der Waals surface area contributed by atoms with Gasteiger partial charge in [0.2, 0.25) is 5.91 Å². The van der Waals surface area contributed by atoms with Gasteiger partial charge in [0.15, 0.2) is 5.60 Å². The Morgan fingerprint density at radius 1 is 0.960 bits per heavy atom. The van der Waals surface area contributed by atoms with Crippen molar-refractivity contribution in [3.05, 3.63) is 42.0 Å². The molecule has 0 saturated heterocycles. The van der Waals surface area contributed by atoms with Gasteiger partial charge < -0.3 is 29.4 Å². The van der Waals surface area contributed by atoms with Crippen LogP contribution in [-0.2, 0) is 35.0 Å². The third kappa shape index (κ3) is 18.8. The van der Waals surface area contributed by atoms with Crippen LogP contribution < -0.4 is 10.1 Å². The van der Waals surface area contributed by atoms with Crippen LogP contribution in [0.25, 0.3) is 0 Å². The summed E-state index contributed by atoms with van der Waals surface area (Å²) in [6, 6.07) is 6.01. The lowest BCUT2D eigenvalue weighted by Crippen LogP contribution is -2.56. The number of esters is 2. The first-order valence-corrected chi connectivity index (χ1v) is 19.3. The van der Waals surface area contributed by atoms with Crippen molar-refractivity contribution in [1.82, 2.24) is 5.32 Å². The molecule has 2 N–H and O–H groups in total. The fourth-order valence-corrected chi connectivity index (χ4v) is 6.20. The van der Waals surface area contributed by atoms with Crippen LogP contribution in [0.2, 0.25) is 0 Å². The minimum atomic E-state index is -2.25. The van der Waals surface area contributed by atoms with Crippen LogP contribution in [0.15, 0.2) is 36.4 Å². The van der Waals surface area contributed by atoms with Gasteiger partial charge in [-0.2, -0.15) is 11.8 Å². The van der Waals surface area contributed by atoms with Crippen molar-refractivity contribution in [2.45, 2.75) is 129 Å². The zero-order valence-electron chi connectivity index (χ0n) is 31.6. The fourth-order valence-electron chi connectivity index (χ4n) is 5.18. The average Bonchev–Trinajstić information content (AvgIpc) is 3.08. The fraction of sp³-hybridized carbons (Fsp3) is 0.675. The topological polar surface area (TPSA) is 120 Å². The maximum absolute atomic E-state index is 14.0. The van der Waals surface area contributed by atoms with Crippen molar-refractivity contribution in [1.29, 1.82) is 0 Å². The van der Waals surface area contributed by atoms with Crippen LogP contribution in [0.3, 0.4) is 0 Å². The van der Waals surface area contributed by atoms with Gasteiger partial charge in [0.1, 0.15) is 24.0 Å². The molecule has 0 saturated carbocycles. The molecule has 50 heavy (non-hydrogen) atoms. The number of ether oxygens (including phenoxy) is 4. The van der Waals surface area contributed by atoms with Gasteiger partial charge in [0.25, 0.3) is 0 Å². The normalized spacial score (nSPS) is 13.8. The molecule has 0 bridgehead atoms. The van der Waals surface area contributed by atoms with Crippen molar-refractivity contribution < 1.29 is 38.4 Å². The standard InChI is InChI=1S/C40H63NO8S/c1-8-10-12-16-19-29-50-30-20-17-14-13-15-18-21-34(40(45,26-28-46-6)38(44)49-39(3,4)5)36(42)41-35(37(43)47-7)31-32-22-24-33(25-23-32)48-27-11-9-2/h18,21-25,34-35,45H,8,10,12-17,19-20,26-31H2,1-7H3,(H,41,42)/t34-,35+,40+/m1/s1. The molecule has 10 heteroatoms. The molecular weight excluding hydrogens is 655 g/mol. The number of unbranched alkanes of at least 4 members (excludes halogenated alkanes) is 8. The molecule has 0 radical (unpaired) electrons. The van der Waals surface area contributed by atoms with E-state index in [0.29, 0.717) is 12.2 Å². The number of carbonyl (C=O) groups is 3. The van der Waals surface area contributed by atoms with Crippen molar-refractivity contribution in [2.24, 2.45) is 5.92 Å². The summed E-state index contributed by atoms with van der Waals surface area (Å²) in [7, 11) is 2.70. The van der Waals surface area contributed by atoms with Crippen molar-refractivity contribution in [2.75, 3.05) is 38.9 Å². The highest BCUT2D eigenvalue weighted by atomic mass is 32.2. The number of amides is 1. The molecule has 0 fully saturated rings. The van der Waals surface area contributed by atoms with E-state index in [0.717, 1.165) is 24.8 Å². The Bertz CT molecular complexity index is 1200. The smallest absolute Gasteiger partial charge is 0.339 e. The first kappa shape index (κ1) is 45.0. The second-order valence-corrected chi connectivity index (χ2v) is 14.7. The molecular formula is C40H63NO8S. The van der Waals surface area contributed by atoms with Gasteiger partial charge in [0.05, 0.1) is 13.0 Å². The molecule has 0 aromatic heterocycles. The lowest BCUT2D eigenvalue weighted by atomic mass is 9.82. The van der Waals surface area contributed by atoms with E-state index < -0.39 is 41.0 Å². The Labute approximate surface area is 306 Å². The van der Waals surface area contributed by atoms with E-state index in [1.54, 1.807) is 58.0 Å². The number of allylic oxidation sites excluding steroid dienone is 1. The van der Waals surface area contributed by atoms with Crippen LogP contribution in [0.4, 0.5) is 0 Å². The van der Waals surface area contributed by atoms with Crippen molar-refractivity contribution in [3.8, 4) is 17.6 Å². The number of hydrogen-bond donors (Lipinski definition) is 2. The second kappa shape index (κ2) is 25.9. The van der Waals surface area contributed by atoms with E-state index in [2.05, 4.69) is 24.1 Å². The highest BCUT2D eigenvalue weighted by molar-refractivity contribution is 7.99. The van der Waals surface area contributed by atoms with E-state index >= 15 is 0 Å². The highest BCUT2D eigenvalue weighted by Crippen LogP contribution is 2.29. The molecule has 0 heterocycles. The van der Waals surface area contributed by atoms with Gasteiger partial charge in [-0.05, 0) is 82.6 Å². The van der Waals surface area contributed by atoms with Crippen LogP contribution in [0.5, 0.6) is 5.75 Å². The minimum absolute atomic E-state index is 0.00278. The Kier molecular flexibility index (Phi) is 23.3.